The molecule has 0 N–H and O–H groups in total. The van der Waals surface area contributed by atoms with Crippen molar-refractivity contribution in [2.24, 2.45) is 11.8 Å². The molecule has 0 rings (SSSR count). The van der Waals surface area contributed by atoms with Gasteiger partial charge in [-0.3, -0.25) is 0 Å². The fourth-order valence-corrected chi connectivity index (χ4v) is 3.79. The van der Waals surface area contributed by atoms with Gasteiger partial charge in [-0.25, -0.2) is 0 Å². The average Bonchev–Trinajstić information content (AvgIpc) is 2.37. The first kappa shape index (κ1) is 25.8. The minimum Gasteiger partial charge on any atom is -0.322 e. The minimum atomic E-state index is -2.30. The van der Waals surface area contributed by atoms with Gasteiger partial charge in [0.2, 0.25) is 5.69 Å². The molecular formula is C16H35O2PS2W. The van der Waals surface area contributed by atoms with Crippen LogP contribution >= 0.6 is 17.9 Å². The van der Waals surface area contributed by atoms with Crippen LogP contribution in [-0.4, -0.2) is 13.2 Å². The molecule has 134 valence electrons. The molecule has 0 heterocycles. The predicted molar refractivity (Wildman–Crippen MR) is 102 cm³/mol. The Morgan fingerprint density at radius 3 is 1.45 bits per heavy atom. The van der Waals surface area contributed by atoms with Crippen molar-refractivity contribution in [1.82, 2.24) is 0 Å². The zero-order chi connectivity index (χ0) is 16.1. The minimum absolute atomic E-state index is 0. The first-order valence-corrected chi connectivity index (χ1v) is 12.2. The van der Waals surface area contributed by atoms with Crippen molar-refractivity contribution in [3.8, 4) is 0 Å². The van der Waals surface area contributed by atoms with Crippen LogP contribution in [0.1, 0.15) is 79.1 Å². The third-order valence-electron chi connectivity index (χ3n) is 3.36. The molecule has 0 aliphatic heterocycles. The van der Waals surface area contributed by atoms with Gasteiger partial charge in [-0.2, -0.15) is 0 Å². The standard InChI is InChI=1S/C16H35O2PS2.W/c1-15(2)11-7-5-9-13-17-19(20,21)18-14-10-6-8-12-16(3)4;/h15-16H,5-14H2,1-4H3,(H,20,21);. The monoisotopic (exact) mass is 538 g/mol. The summed E-state index contributed by atoms with van der Waals surface area (Å²) < 4.78 is 11.3. The van der Waals surface area contributed by atoms with E-state index in [1.165, 1.54) is 38.5 Å². The summed E-state index contributed by atoms with van der Waals surface area (Å²) in [7, 11) is 0. The predicted octanol–water partition coefficient (Wildman–Crippen LogP) is 6.60. The van der Waals surface area contributed by atoms with Crippen molar-refractivity contribution in [2.75, 3.05) is 13.2 Å². The Kier molecular flexibility index (Phi) is 18.9. The second-order valence-corrected chi connectivity index (χ2v) is 11.9. The Bertz CT molecular complexity index is 265. The molecule has 0 saturated carbocycles. The summed E-state index contributed by atoms with van der Waals surface area (Å²) >= 11 is 9.70. The smallest absolute Gasteiger partial charge is 0.244 e. The number of thiol groups is 1. The normalized spacial score (nSPS) is 12.0. The maximum absolute atomic E-state index is 5.65. The molecule has 0 spiro atoms. The molecule has 6 heteroatoms. The first-order chi connectivity index (χ1) is 9.83. The Labute approximate surface area is 163 Å². The van der Waals surface area contributed by atoms with Crippen molar-refractivity contribution >= 4 is 29.7 Å². The van der Waals surface area contributed by atoms with Crippen LogP contribution in [0.4, 0.5) is 0 Å². The SMILES string of the molecule is CC(C)CCCCCOP(=S)(S)OCCCCCC(C)C.[W]. The zero-order valence-electron chi connectivity index (χ0n) is 14.8. The molecule has 0 aromatic carbocycles. The first-order valence-electron chi connectivity index (χ1n) is 8.45. The van der Waals surface area contributed by atoms with Gasteiger partial charge in [0.15, 0.2) is 0 Å². The van der Waals surface area contributed by atoms with E-state index in [2.05, 4.69) is 39.9 Å². The Morgan fingerprint density at radius 1 is 0.773 bits per heavy atom. The van der Waals surface area contributed by atoms with Gasteiger partial charge in [-0.15, -0.1) is 0 Å². The third kappa shape index (κ3) is 19.7. The zero-order valence-corrected chi connectivity index (χ0v) is 20.3. The molecule has 0 fully saturated rings. The van der Waals surface area contributed by atoms with E-state index < -0.39 is 5.69 Å². The molecule has 0 saturated heterocycles. The Morgan fingerprint density at radius 2 is 1.14 bits per heavy atom. The molecule has 0 radical (unpaired) electrons. The van der Waals surface area contributed by atoms with Crippen LogP contribution in [0.3, 0.4) is 0 Å². The van der Waals surface area contributed by atoms with Gasteiger partial charge in [-0.05, 0) is 36.5 Å². The van der Waals surface area contributed by atoms with Crippen LogP contribution in [0.2, 0.25) is 0 Å². The second kappa shape index (κ2) is 16.1. The van der Waals surface area contributed by atoms with Gasteiger partial charge in [0.25, 0.3) is 0 Å². The summed E-state index contributed by atoms with van der Waals surface area (Å²) in [6.07, 6.45) is 9.66. The van der Waals surface area contributed by atoms with Gasteiger partial charge < -0.3 is 9.05 Å². The van der Waals surface area contributed by atoms with Gasteiger partial charge in [0.05, 0.1) is 13.2 Å². The molecule has 0 aliphatic carbocycles. The van der Waals surface area contributed by atoms with E-state index in [4.69, 9.17) is 20.9 Å². The van der Waals surface area contributed by atoms with E-state index in [9.17, 15) is 0 Å². The number of hydrogen-bond acceptors (Lipinski definition) is 3. The Hall–Kier alpha value is 1.61. The molecule has 0 unspecified atom stereocenters. The third-order valence-corrected chi connectivity index (χ3v) is 5.70. The molecule has 2 nitrogen and oxygen atoms in total. The van der Waals surface area contributed by atoms with Crippen LogP contribution < -0.4 is 0 Å². The summed E-state index contributed by atoms with van der Waals surface area (Å²) in [5, 5.41) is 0. The molecule has 0 bridgehead atoms. The molecule has 0 atom stereocenters. The van der Waals surface area contributed by atoms with Gasteiger partial charge in [0.1, 0.15) is 0 Å². The fraction of sp³-hybridized carbons (Fsp3) is 1.00. The molecule has 22 heavy (non-hydrogen) atoms. The van der Waals surface area contributed by atoms with E-state index in [1.54, 1.807) is 0 Å². The van der Waals surface area contributed by atoms with E-state index in [0.29, 0.717) is 13.2 Å². The topological polar surface area (TPSA) is 18.5 Å². The van der Waals surface area contributed by atoms with Gasteiger partial charge in [0, 0.05) is 21.1 Å². The van der Waals surface area contributed by atoms with E-state index in [0.717, 1.165) is 24.7 Å². The van der Waals surface area contributed by atoms with Crippen LogP contribution in [0.25, 0.3) is 0 Å². The number of unbranched alkanes of at least 4 members (excludes halogenated alkanes) is 4. The van der Waals surface area contributed by atoms with Crippen LogP contribution in [-0.2, 0) is 41.9 Å². The van der Waals surface area contributed by atoms with Gasteiger partial charge in [-0.1, -0.05) is 78.5 Å². The molecular weight excluding hydrogens is 503 g/mol. The summed E-state index contributed by atoms with van der Waals surface area (Å²) in [5.41, 5.74) is -2.30. The van der Waals surface area contributed by atoms with Crippen molar-refractivity contribution in [3.63, 3.8) is 0 Å². The maximum atomic E-state index is 5.65. The van der Waals surface area contributed by atoms with Crippen molar-refractivity contribution in [3.05, 3.63) is 0 Å². The fourth-order valence-electron chi connectivity index (χ4n) is 2.06. The molecule has 0 aliphatic rings. The van der Waals surface area contributed by atoms with Crippen molar-refractivity contribution < 1.29 is 30.1 Å². The maximum Gasteiger partial charge on any atom is 0.244 e. The summed E-state index contributed by atoms with van der Waals surface area (Å²) in [4.78, 5) is 0. The largest absolute Gasteiger partial charge is 0.322 e. The van der Waals surface area contributed by atoms with Crippen LogP contribution in [0, 0.1) is 11.8 Å². The summed E-state index contributed by atoms with van der Waals surface area (Å²) in [6.45, 7) is 10.4. The van der Waals surface area contributed by atoms with E-state index >= 15 is 0 Å². The Balaban J connectivity index is 0. The summed E-state index contributed by atoms with van der Waals surface area (Å²) in [6, 6.07) is 0. The van der Waals surface area contributed by atoms with E-state index in [-0.39, 0.29) is 21.1 Å². The molecule has 0 amide bonds. The van der Waals surface area contributed by atoms with Crippen LogP contribution in [0.5, 0.6) is 0 Å². The van der Waals surface area contributed by atoms with Gasteiger partial charge >= 0.3 is 0 Å². The molecule has 0 aromatic rings. The van der Waals surface area contributed by atoms with Crippen molar-refractivity contribution in [1.29, 1.82) is 0 Å². The van der Waals surface area contributed by atoms with Crippen LogP contribution in [0.15, 0.2) is 0 Å². The van der Waals surface area contributed by atoms with E-state index in [1.807, 2.05) is 0 Å². The second-order valence-electron chi connectivity index (χ2n) is 6.62. The number of hydrogen-bond donors (Lipinski definition) is 1. The number of rotatable bonds is 14. The summed E-state index contributed by atoms with van der Waals surface area (Å²) in [5.74, 6) is 1.58. The average molecular weight is 538 g/mol. The quantitative estimate of drug-likeness (QED) is 0.153. The van der Waals surface area contributed by atoms with Crippen molar-refractivity contribution in [2.45, 2.75) is 79.1 Å². The molecule has 0 aromatic heterocycles.